The highest BCUT2D eigenvalue weighted by atomic mass is 16.5. The van der Waals surface area contributed by atoms with Gasteiger partial charge in [0.2, 0.25) is 0 Å². The zero-order chi connectivity index (χ0) is 9.80. The first kappa shape index (κ1) is 10.4. The molecular weight excluding hydrogens is 176 g/mol. The fourth-order valence-electron chi connectivity index (χ4n) is 2.43. The third kappa shape index (κ3) is 2.94. The van der Waals surface area contributed by atoms with E-state index in [9.17, 15) is 0 Å². The summed E-state index contributed by atoms with van der Waals surface area (Å²) >= 11 is 0. The molecule has 0 aromatic carbocycles. The molecule has 0 bridgehead atoms. The van der Waals surface area contributed by atoms with Crippen molar-refractivity contribution in [3.8, 4) is 0 Å². The van der Waals surface area contributed by atoms with Gasteiger partial charge in [0.1, 0.15) is 0 Å². The largest absolute Gasteiger partial charge is 0.380 e. The van der Waals surface area contributed by atoms with Crippen LogP contribution in [0.4, 0.5) is 0 Å². The maximum absolute atomic E-state index is 5.45. The van der Waals surface area contributed by atoms with E-state index in [4.69, 9.17) is 4.74 Å². The van der Waals surface area contributed by atoms with Crippen LogP contribution in [0.25, 0.3) is 0 Å². The number of hydrogen-bond donors (Lipinski definition) is 1. The molecule has 2 heterocycles. The molecule has 2 aliphatic rings. The Labute approximate surface area is 86.8 Å². The molecule has 1 N–H and O–H groups in total. The normalized spacial score (nSPS) is 34.9. The number of nitrogens with zero attached hydrogens (tertiary/aromatic N) is 1. The first-order chi connectivity index (χ1) is 6.84. The standard InChI is InChI=1S/C11H22N2O/c1-13-5-4-10(8-13)7-12-11-3-2-6-14-9-11/h10-12H,2-9H2,1H3. The lowest BCUT2D eigenvalue weighted by Gasteiger charge is -2.24. The van der Waals surface area contributed by atoms with E-state index in [1.54, 1.807) is 0 Å². The van der Waals surface area contributed by atoms with E-state index in [1.807, 2.05) is 0 Å². The van der Waals surface area contributed by atoms with Crippen LogP contribution in [-0.2, 0) is 4.74 Å². The van der Waals surface area contributed by atoms with Gasteiger partial charge in [0.05, 0.1) is 6.61 Å². The van der Waals surface area contributed by atoms with Crippen LogP contribution in [0.2, 0.25) is 0 Å². The Morgan fingerprint density at radius 1 is 1.43 bits per heavy atom. The first-order valence-electron chi connectivity index (χ1n) is 5.84. The number of ether oxygens (including phenoxy) is 1. The lowest BCUT2D eigenvalue weighted by molar-refractivity contribution is 0.0692. The Hall–Kier alpha value is -0.120. The molecule has 2 aliphatic heterocycles. The van der Waals surface area contributed by atoms with Crippen molar-refractivity contribution in [3.63, 3.8) is 0 Å². The monoisotopic (exact) mass is 198 g/mol. The topological polar surface area (TPSA) is 24.5 Å². The molecule has 0 radical (unpaired) electrons. The summed E-state index contributed by atoms with van der Waals surface area (Å²) in [4.78, 5) is 2.42. The molecule has 0 spiro atoms. The Morgan fingerprint density at radius 3 is 3.00 bits per heavy atom. The molecule has 2 fully saturated rings. The molecule has 0 aromatic heterocycles. The van der Waals surface area contributed by atoms with Crippen LogP contribution in [0.15, 0.2) is 0 Å². The number of likely N-dealkylation sites (tertiary alicyclic amines) is 1. The molecule has 2 atom stereocenters. The lowest BCUT2D eigenvalue weighted by atomic mass is 10.1. The van der Waals surface area contributed by atoms with Crippen molar-refractivity contribution in [1.82, 2.24) is 10.2 Å². The Kier molecular flexibility index (Phi) is 3.79. The minimum Gasteiger partial charge on any atom is -0.380 e. The molecule has 14 heavy (non-hydrogen) atoms. The lowest BCUT2D eigenvalue weighted by Crippen LogP contribution is -2.39. The van der Waals surface area contributed by atoms with Crippen molar-refractivity contribution < 1.29 is 4.74 Å². The minimum atomic E-state index is 0.620. The fraction of sp³-hybridized carbons (Fsp3) is 1.00. The second-order valence-electron chi connectivity index (χ2n) is 4.74. The summed E-state index contributed by atoms with van der Waals surface area (Å²) in [7, 11) is 2.21. The summed E-state index contributed by atoms with van der Waals surface area (Å²) in [6.45, 7) is 5.60. The average molecular weight is 198 g/mol. The van der Waals surface area contributed by atoms with Crippen molar-refractivity contribution in [1.29, 1.82) is 0 Å². The highest BCUT2D eigenvalue weighted by Gasteiger charge is 2.21. The minimum absolute atomic E-state index is 0.620. The van der Waals surface area contributed by atoms with E-state index >= 15 is 0 Å². The summed E-state index contributed by atoms with van der Waals surface area (Å²) in [5.74, 6) is 0.863. The van der Waals surface area contributed by atoms with Crippen LogP contribution in [-0.4, -0.2) is 50.8 Å². The predicted molar refractivity (Wildman–Crippen MR) is 57.4 cm³/mol. The summed E-state index contributed by atoms with van der Waals surface area (Å²) in [6, 6.07) is 0.620. The third-order valence-electron chi connectivity index (χ3n) is 3.34. The van der Waals surface area contributed by atoms with Crippen molar-refractivity contribution in [2.24, 2.45) is 5.92 Å². The van der Waals surface area contributed by atoms with Gasteiger partial charge in [-0.05, 0) is 45.3 Å². The van der Waals surface area contributed by atoms with Gasteiger partial charge in [-0.25, -0.2) is 0 Å². The number of rotatable bonds is 3. The first-order valence-corrected chi connectivity index (χ1v) is 5.84. The summed E-state index contributed by atoms with van der Waals surface area (Å²) < 4.78 is 5.45. The molecule has 3 heteroatoms. The second-order valence-corrected chi connectivity index (χ2v) is 4.74. The molecule has 0 saturated carbocycles. The smallest absolute Gasteiger partial charge is 0.0619 e. The van der Waals surface area contributed by atoms with E-state index in [0.717, 1.165) is 19.1 Å². The van der Waals surface area contributed by atoms with Gasteiger partial charge in [-0.2, -0.15) is 0 Å². The summed E-state index contributed by atoms with van der Waals surface area (Å²) in [6.07, 6.45) is 3.88. The van der Waals surface area contributed by atoms with E-state index in [-0.39, 0.29) is 0 Å². The molecule has 0 aromatic rings. The zero-order valence-electron chi connectivity index (χ0n) is 9.17. The van der Waals surface area contributed by atoms with Crippen LogP contribution < -0.4 is 5.32 Å². The quantitative estimate of drug-likeness (QED) is 0.723. The van der Waals surface area contributed by atoms with Crippen LogP contribution >= 0.6 is 0 Å². The van der Waals surface area contributed by atoms with Gasteiger partial charge in [-0.15, -0.1) is 0 Å². The van der Waals surface area contributed by atoms with Gasteiger partial charge in [-0.1, -0.05) is 0 Å². The fourth-order valence-corrected chi connectivity index (χ4v) is 2.43. The molecule has 2 rings (SSSR count). The van der Waals surface area contributed by atoms with Crippen molar-refractivity contribution in [3.05, 3.63) is 0 Å². The SMILES string of the molecule is CN1CCC(CNC2CCCOC2)C1. The molecular formula is C11H22N2O. The maximum Gasteiger partial charge on any atom is 0.0619 e. The van der Waals surface area contributed by atoms with Crippen LogP contribution in [0.5, 0.6) is 0 Å². The molecule has 0 aliphatic carbocycles. The predicted octanol–water partition coefficient (Wildman–Crippen LogP) is 0.707. The van der Waals surface area contributed by atoms with Crippen molar-refractivity contribution >= 4 is 0 Å². The average Bonchev–Trinajstić information content (AvgIpc) is 2.63. The van der Waals surface area contributed by atoms with Crippen LogP contribution in [0.3, 0.4) is 0 Å². The Balaban J connectivity index is 1.61. The number of nitrogens with one attached hydrogen (secondary N) is 1. The van der Waals surface area contributed by atoms with E-state index in [0.29, 0.717) is 6.04 Å². The molecule has 3 nitrogen and oxygen atoms in total. The summed E-state index contributed by atoms with van der Waals surface area (Å²) in [5, 5.41) is 3.63. The van der Waals surface area contributed by atoms with E-state index < -0.39 is 0 Å². The highest BCUT2D eigenvalue weighted by molar-refractivity contribution is 4.78. The highest BCUT2D eigenvalue weighted by Crippen LogP contribution is 2.14. The van der Waals surface area contributed by atoms with Gasteiger partial charge in [0.15, 0.2) is 0 Å². The molecule has 2 unspecified atom stereocenters. The third-order valence-corrected chi connectivity index (χ3v) is 3.34. The van der Waals surface area contributed by atoms with Crippen LogP contribution in [0, 0.1) is 5.92 Å². The van der Waals surface area contributed by atoms with E-state index in [1.165, 1.54) is 38.9 Å². The Morgan fingerprint density at radius 2 is 2.36 bits per heavy atom. The van der Waals surface area contributed by atoms with Gasteiger partial charge in [-0.3, -0.25) is 0 Å². The second kappa shape index (κ2) is 5.10. The Bertz CT molecular complexity index is 164. The number of hydrogen-bond acceptors (Lipinski definition) is 3. The zero-order valence-corrected chi connectivity index (χ0v) is 9.17. The van der Waals surface area contributed by atoms with Crippen molar-refractivity contribution in [2.75, 3.05) is 39.9 Å². The van der Waals surface area contributed by atoms with Gasteiger partial charge < -0.3 is 15.0 Å². The molecule has 2 saturated heterocycles. The van der Waals surface area contributed by atoms with Gasteiger partial charge in [0, 0.05) is 19.2 Å². The van der Waals surface area contributed by atoms with Crippen molar-refractivity contribution in [2.45, 2.75) is 25.3 Å². The van der Waals surface area contributed by atoms with Gasteiger partial charge >= 0.3 is 0 Å². The molecule has 0 amide bonds. The van der Waals surface area contributed by atoms with Gasteiger partial charge in [0.25, 0.3) is 0 Å². The summed E-state index contributed by atoms with van der Waals surface area (Å²) in [5.41, 5.74) is 0. The van der Waals surface area contributed by atoms with E-state index in [2.05, 4.69) is 17.3 Å². The molecule has 82 valence electrons. The maximum atomic E-state index is 5.45. The van der Waals surface area contributed by atoms with Crippen LogP contribution in [0.1, 0.15) is 19.3 Å².